The molecule has 21 heavy (non-hydrogen) atoms. The maximum Gasteiger partial charge on any atom is 0.337 e. The van der Waals surface area contributed by atoms with Crippen LogP contribution in [0.5, 0.6) is 0 Å². The van der Waals surface area contributed by atoms with E-state index in [2.05, 4.69) is 4.74 Å². The largest absolute Gasteiger partial charge is 0.465 e. The van der Waals surface area contributed by atoms with Gasteiger partial charge in [-0.2, -0.15) is 0 Å². The number of carbonyl (C=O) groups excluding carboxylic acids is 1. The van der Waals surface area contributed by atoms with Crippen molar-refractivity contribution in [1.82, 2.24) is 0 Å². The molecule has 0 amide bonds. The monoisotopic (exact) mass is 284 g/mol. The lowest BCUT2D eigenvalue weighted by Gasteiger charge is -2.10. The fraction of sp³-hybridized carbons (Fsp3) is 0.235. The fourth-order valence-electron chi connectivity index (χ4n) is 2.30. The Hall–Kier alpha value is -2.17. The van der Waals surface area contributed by atoms with Crippen LogP contribution in [-0.2, 0) is 14.2 Å². The van der Waals surface area contributed by atoms with Crippen molar-refractivity contribution < 1.29 is 19.0 Å². The average Bonchev–Trinajstić information content (AvgIpc) is 3.09. The Bertz CT molecular complexity index is 610. The Morgan fingerprint density at radius 1 is 0.952 bits per heavy atom. The van der Waals surface area contributed by atoms with Crippen molar-refractivity contribution in [3.8, 4) is 11.1 Å². The van der Waals surface area contributed by atoms with Crippen LogP contribution in [-0.4, -0.2) is 26.3 Å². The maximum absolute atomic E-state index is 11.4. The van der Waals surface area contributed by atoms with Crippen molar-refractivity contribution in [2.45, 2.75) is 6.29 Å². The van der Waals surface area contributed by atoms with Gasteiger partial charge in [0.05, 0.1) is 25.9 Å². The first-order chi connectivity index (χ1) is 10.3. The van der Waals surface area contributed by atoms with E-state index in [0.29, 0.717) is 18.8 Å². The summed E-state index contributed by atoms with van der Waals surface area (Å²) < 4.78 is 15.6. The number of hydrogen-bond acceptors (Lipinski definition) is 4. The van der Waals surface area contributed by atoms with Gasteiger partial charge in [0.15, 0.2) is 6.29 Å². The SMILES string of the molecule is COC(=O)c1ccc(-c2ccc(C3OCCO3)cc2)cc1. The summed E-state index contributed by atoms with van der Waals surface area (Å²) >= 11 is 0. The summed E-state index contributed by atoms with van der Waals surface area (Å²) in [6, 6.07) is 15.4. The molecular weight excluding hydrogens is 268 g/mol. The van der Waals surface area contributed by atoms with E-state index in [9.17, 15) is 4.79 Å². The molecule has 1 aliphatic rings. The number of ether oxygens (including phenoxy) is 3. The number of esters is 1. The second kappa shape index (κ2) is 6.08. The lowest BCUT2D eigenvalue weighted by Crippen LogP contribution is -2.00. The molecule has 0 spiro atoms. The van der Waals surface area contributed by atoms with Gasteiger partial charge in [-0.15, -0.1) is 0 Å². The van der Waals surface area contributed by atoms with Crippen molar-refractivity contribution in [3.63, 3.8) is 0 Å². The van der Waals surface area contributed by atoms with Crippen LogP contribution in [0.15, 0.2) is 48.5 Å². The summed E-state index contributed by atoms with van der Waals surface area (Å²) in [6.07, 6.45) is -0.249. The molecule has 0 aliphatic carbocycles. The van der Waals surface area contributed by atoms with Gasteiger partial charge in [-0.05, 0) is 23.3 Å². The Morgan fingerprint density at radius 2 is 1.48 bits per heavy atom. The normalized spacial score (nSPS) is 15.1. The second-order valence-corrected chi connectivity index (χ2v) is 4.76. The van der Waals surface area contributed by atoms with E-state index >= 15 is 0 Å². The molecule has 0 bridgehead atoms. The molecule has 0 saturated carbocycles. The Morgan fingerprint density at radius 3 is 2.00 bits per heavy atom. The summed E-state index contributed by atoms with van der Waals surface area (Å²) in [5.74, 6) is -0.326. The number of methoxy groups -OCH3 is 1. The van der Waals surface area contributed by atoms with Gasteiger partial charge in [-0.25, -0.2) is 4.79 Å². The molecule has 2 aromatic rings. The third-order valence-electron chi connectivity index (χ3n) is 3.44. The minimum atomic E-state index is -0.326. The van der Waals surface area contributed by atoms with Gasteiger partial charge in [-0.3, -0.25) is 0 Å². The zero-order valence-electron chi connectivity index (χ0n) is 11.7. The Labute approximate surface area is 123 Å². The molecule has 1 fully saturated rings. The number of carbonyl (C=O) groups is 1. The van der Waals surface area contributed by atoms with E-state index in [4.69, 9.17) is 9.47 Å². The first kappa shape index (κ1) is 13.8. The van der Waals surface area contributed by atoms with E-state index in [1.54, 1.807) is 12.1 Å². The highest BCUT2D eigenvalue weighted by molar-refractivity contribution is 5.89. The van der Waals surface area contributed by atoms with Crippen molar-refractivity contribution in [2.75, 3.05) is 20.3 Å². The van der Waals surface area contributed by atoms with E-state index in [1.807, 2.05) is 36.4 Å². The topological polar surface area (TPSA) is 44.8 Å². The molecule has 4 heteroatoms. The van der Waals surface area contributed by atoms with Crippen molar-refractivity contribution in [1.29, 1.82) is 0 Å². The highest BCUT2D eigenvalue weighted by Crippen LogP contribution is 2.26. The number of hydrogen-bond donors (Lipinski definition) is 0. The summed E-state index contributed by atoms with van der Waals surface area (Å²) in [5.41, 5.74) is 3.68. The smallest absolute Gasteiger partial charge is 0.337 e. The molecule has 2 aromatic carbocycles. The minimum absolute atomic E-state index is 0.249. The number of rotatable bonds is 3. The van der Waals surface area contributed by atoms with Crippen LogP contribution < -0.4 is 0 Å². The van der Waals surface area contributed by atoms with Crippen molar-refractivity contribution >= 4 is 5.97 Å². The van der Waals surface area contributed by atoms with Gasteiger partial charge in [0.1, 0.15) is 0 Å². The number of benzene rings is 2. The summed E-state index contributed by atoms with van der Waals surface area (Å²) in [5, 5.41) is 0. The van der Waals surface area contributed by atoms with Crippen LogP contribution in [0.3, 0.4) is 0 Å². The first-order valence-corrected chi connectivity index (χ1v) is 6.80. The van der Waals surface area contributed by atoms with Crippen LogP contribution >= 0.6 is 0 Å². The first-order valence-electron chi connectivity index (χ1n) is 6.80. The van der Waals surface area contributed by atoms with E-state index in [1.165, 1.54) is 7.11 Å². The van der Waals surface area contributed by atoms with Gasteiger partial charge in [0, 0.05) is 5.56 Å². The fourth-order valence-corrected chi connectivity index (χ4v) is 2.30. The van der Waals surface area contributed by atoms with Crippen LogP contribution in [0.25, 0.3) is 11.1 Å². The van der Waals surface area contributed by atoms with Gasteiger partial charge in [0.2, 0.25) is 0 Å². The molecule has 4 nitrogen and oxygen atoms in total. The van der Waals surface area contributed by atoms with Crippen molar-refractivity contribution in [2.24, 2.45) is 0 Å². The molecule has 1 heterocycles. The molecule has 0 atom stereocenters. The maximum atomic E-state index is 11.4. The Kier molecular flexibility index (Phi) is 3.99. The van der Waals surface area contributed by atoms with Crippen LogP contribution in [0.2, 0.25) is 0 Å². The molecule has 0 aromatic heterocycles. The summed E-state index contributed by atoms with van der Waals surface area (Å²) in [7, 11) is 1.38. The van der Waals surface area contributed by atoms with Gasteiger partial charge >= 0.3 is 5.97 Å². The van der Waals surface area contributed by atoms with Gasteiger partial charge in [0.25, 0.3) is 0 Å². The molecule has 3 rings (SSSR count). The zero-order chi connectivity index (χ0) is 14.7. The second-order valence-electron chi connectivity index (χ2n) is 4.76. The average molecular weight is 284 g/mol. The third kappa shape index (κ3) is 2.96. The van der Waals surface area contributed by atoms with Crippen LogP contribution in [0.1, 0.15) is 22.2 Å². The summed E-state index contributed by atoms with van der Waals surface area (Å²) in [4.78, 5) is 11.4. The standard InChI is InChI=1S/C17H16O4/c1-19-16(18)14-6-2-12(3-7-14)13-4-8-15(9-5-13)17-20-10-11-21-17/h2-9,17H,10-11H2,1H3. The minimum Gasteiger partial charge on any atom is -0.465 e. The molecule has 1 aliphatic heterocycles. The zero-order valence-corrected chi connectivity index (χ0v) is 11.7. The van der Waals surface area contributed by atoms with Crippen molar-refractivity contribution in [3.05, 3.63) is 59.7 Å². The lowest BCUT2D eigenvalue weighted by molar-refractivity contribution is -0.0441. The lowest BCUT2D eigenvalue weighted by atomic mass is 10.0. The van der Waals surface area contributed by atoms with Gasteiger partial charge < -0.3 is 14.2 Å². The third-order valence-corrected chi connectivity index (χ3v) is 3.44. The molecular formula is C17H16O4. The predicted octanol–water partition coefficient (Wildman–Crippen LogP) is 3.19. The molecule has 0 N–H and O–H groups in total. The van der Waals surface area contributed by atoms with E-state index in [0.717, 1.165) is 16.7 Å². The highest BCUT2D eigenvalue weighted by atomic mass is 16.7. The highest BCUT2D eigenvalue weighted by Gasteiger charge is 2.17. The van der Waals surface area contributed by atoms with Crippen LogP contribution in [0.4, 0.5) is 0 Å². The van der Waals surface area contributed by atoms with E-state index in [-0.39, 0.29) is 12.3 Å². The van der Waals surface area contributed by atoms with Crippen LogP contribution in [0, 0.1) is 0 Å². The van der Waals surface area contributed by atoms with Gasteiger partial charge in [-0.1, -0.05) is 36.4 Å². The summed E-state index contributed by atoms with van der Waals surface area (Å²) in [6.45, 7) is 1.28. The molecule has 0 unspecified atom stereocenters. The Balaban J connectivity index is 1.78. The molecule has 108 valence electrons. The quantitative estimate of drug-likeness (QED) is 0.812. The molecule has 0 radical (unpaired) electrons. The molecule has 1 saturated heterocycles. The van der Waals surface area contributed by atoms with E-state index < -0.39 is 0 Å². The predicted molar refractivity (Wildman–Crippen MR) is 77.9 cm³/mol.